The van der Waals surface area contributed by atoms with Crippen LogP contribution < -0.4 is 0 Å². The van der Waals surface area contributed by atoms with Gasteiger partial charge in [0, 0.05) is 12.1 Å². The van der Waals surface area contributed by atoms with Gasteiger partial charge in [0.25, 0.3) is 0 Å². The number of H-pyrrole nitrogens is 1. The van der Waals surface area contributed by atoms with Crippen molar-refractivity contribution in [1.29, 1.82) is 0 Å². The van der Waals surface area contributed by atoms with E-state index in [-0.39, 0.29) is 0 Å². The molecule has 0 aliphatic heterocycles. The molecule has 1 N–H and O–H groups in total. The fraction of sp³-hybridized carbons (Fsp3) is 0.467. The summed E-state index contributed by atoms with van der Waals surface area (Å²) in [7, 11) is 0. The van der Waals surface area contributed by atoms with Gasteiger partial charge < -0.3 is 0 Å². The van der Waals surface area contributed by atoms with Crippen molar-refractivity contribution >= 4 is 12.2 Å². The summed E-state index contributed by atoms with van der Waals surface area (Å²) in [5.74, 6) is 1.60. The first-order valence-electron chi connectivity index (χ1n) is 6.94. The third-order valence-corrected chi connectivity index (χ3v) is 3.82. The van der Waals surface area contributed by atoms with Crippen molar-refractivity contribution in [3.05, 3.63) is 40.4 Å². The lowest BCUT2D eigenvalue weighted by Gasteiger charge is -2.11. The van der Waals surface area contributed by atoms with E-state index in [9.17, 15) is 0 Å². The zero-order chi connectivity index (χ0) is 13.8. The molecular formula is C15H21N3S. The molecule has 4 heteroatoms. The Morgan fingerprint density at radius 2 is 1.95 bits per heavy atom. The number of hydrogen-bond donors (Lipinski definition) is 1. The molecule has 0 fully saturated rings. The third-order valence-electron chi connectivity index (χ3n) is 3.55. The molecule has 1 aromatic carbocycles. The van der Waals surface area contributed by atoms with E-state index in [0.29, 0.717) is 10.7 Å². The summed E-state index contributed by atoms with van der Waals surface area (Å²) in [5.41, 5.74) is 2.47. The van der Waals surface area contributed by atoms with Gasteiger partial charge >= 0.3 is 0 Å². The minimum Gasteiger partial charge on any atom is -0.272 e. The average molecular weight is 275 g/mol. The second-order valence-corrected chi connectivity index (χ2v) is 5.32. The minimum absolute atomic E-state index is 0.599. The predicted octanol–water partition coefficient (Wildman–Crippen LogP) is 4.40. The zero-order valence-electron chi connectivity index (χ0n) is 11.8. The number of hydrogen-bond acceptors (Lipinski definition) is 2. The van der Waals surface area contributed by atoms with E-state index in [0.717, 1.165) is 30.8 Å². The molecule has 0 bridgehead atoms. The fourth-order valence-corrected chi connectivity index (χ4v) is 2.43. The molecule has 0 unspecified atom stereocenters. The van der Waals surface area contributed by atoms with Gasteiger partial charge in [0.1, 0.15) is 5.82 Å². The summed E-state index contributed by atoms with van der Waals surface area (Å²) in [6.45, 7) is 6.61. The first kappa shape index (κ1) is 14.0. The van der Waals surface area contributed by atoms with Gasteiger partial charge in [0.15, 0.2) is 4.77 Å². The van der Waals surface area contributed by atoms with Crippen LogP contribution in [0.1, 0.15) is 50.9 Å². The lowest BCUT2D eigenvalue weighted by Crippen LogP contribution is -2.02. The molecular weight excluding hydrogens is 254 g/mol. The maximum absolute atomic E-state index is 5.32. The maximum atomic E-state index is 5.32. The highest BCUT2D eigenvalue weighted by molar-refractivity contribution is 7.71. The number of benzene rings is 1. The van der Waals surface area contributed by atoms with Crippen molar-refractivity contribution in [2.24, 2.45) is 0 Å². The maximum Gasteiger partial charge on any atom is 0.199 e. The van der Waals surface area contributed by atoms with Crippen LogP contribution in [-0.2, 0) is 6.42 Å². The van der Waals surface area contributed by atoms with Gasteiger partial charge in [-0.15, -0.1) is 0 Å². The minimum atomic E-state index is 0.599. The van der Waals surface area contributed by atoms with Crippen LogP contribution in [0.5, 0.6) is 0 Å². The van der Waals surface area contributed by atoms with Crippen LogP contribution in [0.15, 0.2) is 24.3 Å². The van der Waals surface area contributed by atoms with E-state index in [2.05, 4.69) is 55.2 Å². The Morgan fingerprint density at radius 1 is 1.26 bits per heavy atom. The number of nitrogens with zero attached hydrogens (tertiary/aromatic N) is 2. The van der Waals surface area contributed by atoms with E-state index < -0.39 is 0 Å². The van der Waals surface area contributed by atoms with E-state index in [4.69, 9.17) is 12.2 Å². The Labute approximate surface area is 119 Å². The monoisotopic (exact) mass is 275 g/mol. The molecule has 1 aromatic heterocycles. The molecule has 0 amide bonds. The number of aromatic nitrogens is 3. The van der Waals surface area contributed by atoms with Crippen LogP contribution >= 0.6 is 12.2 Å². The summed E-state index contributed by atoms with van der Waals surface area (Å²) in [4.78, 5) is 0. The Kier molecular flexibility index (Phi) is 4.53. The SMILES string of the molecule is CCCc1n[nH]c(=S)n1-c1ccc([C@@H](C)CC)cc1. The van der Waals surface area contributed by atoms with Crippen molar-refractivity contribution in [3.8, 4) is 5.69 Å². The third kappa shape index (κ3) is 2.95. The summed E-state index contributed by atoms with van der Waals surface area (Å²) in [5, 5.41) is 7.19. The van der Waals surface area contributed by atoms with E-state index in [1.165, 1.54) is 5.56 Å². The van der Waals surface area contributed by atoms with E-state index in [1.807, 2.05) is 4.57 Å². The second kappa shape index (κ2) is 6.15. The van der Waals surface area contributed by atoms with Gasteiger partial charge in [-0.3, -0.25) is 9.67 Å². The highest BCUT2D eigenvalue weighted by Crippen LogP contribution is 2.21. The molecule has 1 heterocycles. The first-order valence-corrected chi connectivity index (χ1v) is 7.34. The summed E-state index contributed by atoms with van der Waals surface area (Å²) < 4.78 is 2.69. The second-order valence-electron chi connectivity index (χ2n) is 4.93. The molecule has 0 radical (unpaired) electrons. The van der Waals surface area contributed by atoms with Gasteiger partial charge in [0.05, 0.1) is 0 Å². The molecule has 0 aliphatic rings. The number of aryl methyl sites for hydroxylation is 1. The Bertz CT molecular complexity index is 580. The van der Waals surface area contributed by atoms with E-state index >= 15 is 0 Å². The summed E-state index contributed by atoms with van der Waals surface area (Å²) in [6.07, 6.45) is 3.15. The smallest absolute Gasteiger partial charge is 0.199 e. The molecule has 0 saturated carbocycles. The summed E-state index contributed by atoms with van der Waals surface area (Å²) >= 11 is 5.32. The van der Waals surface area contributed by atoms with Gasteiger partial charge in [-0.05, 0) is 48.7 Å². The number of aromatic amines is 1. The Balaban J connectivity index is 2.37. The fourth-order valence-electron chi connectivity index (χ4n) is 2.17. The molecule has 3 nitrogen and oxygen atoms in total. The van der Waals surface area contributed by atoms with E-state index in [1.54, 1.807) is 0 Å². The molecule has 0 aliphatic carbocycles. The molecule has 2 aromatic rings. The molecule has 102 valence electrons. The van der Waals surface area contributed by atoms with Crippen molar-refractivity contribution in [2.75, 3.05) is 0 Å². The van der Waals surface area contributed by atoms with Crippen molar-refractivity contribution in [3.63, 3.8) is 0 Å². The van der Waals surface area contributed by atoms with Crippen LogP contribution in [-0.4, -0.2) is 14.8 Å². The number of nitrogens with one attached hydrogen (secondary N) is 1. The van der Waals surface area contributed by atoms with Crippen molar-refractivity contribution < 1.29 is 0 Å². The van der Waals surface area contributed by atoms with Gasteiger partial charge in [-0.25, -0.2) is 0 Å². The molecule has 0 saturated heterocycles. The quantitative estimate of drug-likeness (QED) is 0.821. The highest BCUT2D eigenvalue weighted by atomic mass is 32.1. The molecule has 2 rings (SSSR count). The summed E-state index contributed by atoms with van der Waals surface area (Å²) in [6, 6.07) is 8.64. The topological polar surface area (TPSA) is 33.6 Å². The Hall–Kier alpha value is -1.42. The predicted molar refractivity (Wildman–Crippen MR) is 81.4 cm³/mol. The number of rotatable bonds is 5. The lowest BCUT2D eigenvalue weighted by atomic mass is 9.98. The highest BCUT2D eigenvalue weighted by Gasteiger charge is 2.08. The van der Waals surface area contributed by atoms with Crippen LogP contribution in [0.2, 0.25) is 0 Å². The largest absolute Gasteiger partial charge is 0.272 e. The van der Waals surface area contributed by atoms with Gasteiger partial charge in [-0.1, -0.05) is 32.9 Å². The van der Waals surface area contributed by atoms with Gasteiger partial charge in [0.2, 0.25) is 0 Å². The molecule has 19 heavy (non-hydrogen) atoms. The van der Waals surface area contributed by atoms with Crippen LogP contribution in [0.25, 0.3) is 5.69 Å². The van der Waals surface area contributed by atoms with Crippen LogP contribution in [0.4, 0.5) is 0 Å². The zero-order valence-corrected chi connectivity index (χ0v) is 12.6. The van der Waals surface area contributed by atoms with Crippen LogP contribution in [0.3, 0.4) is 0 Å². The first-order chi connectivity index (χ1) is 9.17. The molecule has 0 spiro atoms. The Morgan fingerprint density at radius 3 is 2.53 bits per heavy atom. The van der Waals surface area contributed by atoms with Crippen molar-refractivity contribution in [2.45, 2.75) is 46.0 Å². The van der Waals surface area contributed by atoms with Gasteiger partial charge in [-0.2, -0.15) is 5.10 Å². The standard InChI is InChI=1S/C15H21N3S/c1-4-6-14-16-17-15(19)18(14)13-9-7-12(8-10-13)11(3)5-2/h7-11H,4-6H2,1-3H3,(H,17,19)/t11-/m0/s1. The van der Waals surface area contributed by atoms with Crippen molar-refractivity contribution in [1.82, 2.24) is 14.8 Å². The van der Waals surface area contributed by atoms with Crippen LogP contribution in [0, 0.1) is 4.77 Å². The normalized spacial score (nSPS) is 12.6. The average Bonchev–Trinajstić information content (AvgIpc) is 2.80. The molecule has 1 atom stereocenters. The lowest BCUT2D eigenvalue weighted by molar-refractivity contribution is 0.732.